The van der Waals surface area contributed by atoms with Gasteiger partial charge in [0.15, 0.2) is 17.5 Å². The van der Waals surface area contributed by atoms with Gasteiger partial charge in [0, 0.05) is 38.2 Å². The lowest BCUT2D eigenvalue weighted by molar-refractivity contribution is 0.669. The first-order chi connectivity index (χ1) is 29.7. The van der Waals surface area contributed by atoms with Gasteiger partial charge in [0.05, 0.1) is 0 Å². The fraction of sp³-hybridized carbons (Fsp3) is 0. The molecular formula is C55H31N3O2. The van der Waals surface area contributed by atoms with Crippen molar-refractivity contribution in [3.8, 4) is 56.4 Å². The number of benzene rings is 10. The maximum Gasteiger partial charge on any atom is 0.164 e. The first-order valence-electron chi connectivity index (χ1n) is 20.2. The largest absolute Gasteiger partial charge is 0.456 e. The van der Waals surface area contributed by atoms with Crippen LogP contribution < -0.4 is 0 Å². The number of furan rings is 2. The van der Waals surface area contributed by atoms with Gasteiger partial charge in [-0.25, -0.2) is 15.0 Å². The van der Waals surface area contributed by atoms with Crippen LogP contribution in [-0.2, 0) is 0 Å². The van der Waals surface area contributed by atoms with Gasteiger partial charge in [0.2, 0.25) is 0 Å². The molecule has 0 radical (unpaired) electrons. The van der Waals surface area contributed by atoms with Crippen molar-refractivity contribution in [1.82, 2.24) is 15.0 Å². The number of aromatic nitrogens is 3. The Morgan fingerprint density at radius 1 is 0.267 bits per heavy atom. The molecule has 60 heavy (non-hydrogen) atoms. The summed E-state index contributed by atoms with van der Waals surface area (Å²) in [6.45, 7) is 0. The summed E-state index contributed by atoms with van der Waals surface area (Å²) in [7, 11) is 0. The van der Waals surface area contributed by atoms with Crippen LogP contribution in [0.5, 0.6) is 0 Å². The molecule has 5 heteroatoms. The summed E-state index contributed by atoms with van der Waals surface area (Å²) in [5.41, 5.74) is 10.8. The lowest BCUT2D eigenvalue weighted by Crippen LogP contribution is -2.00. The molecule has 0 atom stereocenters. The predicted octanol–water partition coefficient (Wildman–Crippen LogP) is 14.9. The molecule has 0 aliphatic rings. The Kier molecular flexibility index (Phi) is 6.95. The van der Waals surface area contributed by atoms with Gasteiger partial charge < -0.3 is 8.83 Å². The van der Waals surface area contributed by atoms with E-state index in [0.717, 1.165) is 71.9 Å². The highest BCUT2D eigenvalue weighted by molar-refractivity contribution is 6.35. The van der Waals surface area contributed by atoms with Crippen LogP contribution in [0.2, 0.25) is 0 Å². The Bertz CT molecular complexity index is 3830. The molecule has 278 valence electrons. The summed E-state index contributed by atoms with van der Waals surface area (Å²) >= 11 is 0. The first-order valence-corrected chi connectivity index (χ1v) is 20.2. The van der Waals surface area contributed by atoms with Crippen molar-refractivity contribution in [2.45, 2.75) is 0 Å². The molecule has 0 saturated heterocycles. The summed E-state index contributed by atoms with van der Waals surface area (Å²) in [5.74, 6) is 1.90. The number of hydrogen-bond acceptors (Lipinski definition) is 5. The monoisotopic (exact) mass is 765 g/mol. The molecular weight excluding hydrogens is 735 g/mol. The topological polar surface area (TPSA) is 65.0 Å². The number of rotatable bonds is 5. The van der Waals surface area contributed by atoms with E-state index in [1.54, 1.807) is 0 Å². The highest BCUT2D eigenvalue weighted by Crippen LogP contribution is 2.46. The zero-order chi connectivity index (χ0) is 39.3. The molecule has 13 aromatic rings. The molecule has 0 aliphatic carbocycles. The second-order valence-corrected chi connectivity index (χ2v) is 15.5. The Morgan fingerprint density at radius 3 is 1.55 bits per heavy atom. The Balaban J connectivity index is 0.913. The molecule has 5 nitrogen and oxygen atoms in total. The van der Waals surface area contributed by atoms with Crippen molar-refractivity contribution in [2.75, 3.05) is 0 Å². The van der Waals surface area contributed by atoms with Gasteiger partial charge in [0.1, 0.15) is 22.3 Å². The van der Waals surface area contributed by atoms with Crippen molar-refractivity contribution < 1.29 is 8.83 Å². The van der Waals surface area contributed by atoms with Gasteiger partial charge in [-0.05, 0) is 91.0 Å². The fourth-order valence-electron chi connectivity index (χ4n) is 9.32. The summed E-state index contributed by atoms with van der Waals surface area (Å²) in [4.78, 5) is 15.0. The standard InChI is InChI=1S/C55H31N3O2/c1-2-11-34(12-3-1)53-56-54(58-55(57-53)38-27-22-32-10-4-5-13-36(32)30-38)35-25-23-33(24-26-35)39-15-7-19-45-50(39)43-29-28-37(31-48(43)60-45)40-14-6-16-41-42-17-8-20-46-51(42)52-44(49(40)41)18-9-21-47(52)59-46/h1-31H. The van der Waals surface area contributed by atoms with Gasteiger partial charge in [-0.1, -0.05) is 152 Å². The van der Waals surface area contributed by atoms with E-state index in [1.165, 1.54) is 43.3 Å². The van der Waals surface area contributed by atoms with E-state index in [9.17, 15) is 0 Å². The summed E-state index contributed by atoms with van der Waals surface area (Å²) in [6, 6.07) is 65.6. The number of fused-ring (bicyclic) bond motifs is 7. The second kappa shape index (κ2) is 12.7. The van der Waals surface area contributed by atoms with Crippen molar-refractivity contribution in [1.29, 1.82) is 0 Å². The van der Waals surface area contributed by atoms with E-state index in [1.807, 2.05) is 30.3 Å². The van der Waals surface area contributed by atoms with Crippen molar-refractivity contribution >= 4 is 76.2 Å². The average molecular weight is 766 g/mol. The summed E-state index contributed by atoms with van der Waals surface area (Å²) in [6.07, 6.45) is 0. The second-order valence-electron chi connectivity index (χ2n) is 15.5. The maximum atomic E-state index is 6.66. The summed E-state index contributed by atoms with van der Waals surface area (Å²) < 4.78 is 13.0. The van der Waals surface area contributed by atoms with Crippen LogP contribution in [0, 0.1) is 0 Å². The Hall–Kier alpha value is -8.15. The molecule has 3 aromatic heterocycles. The smallest absolute Gasteiger partial charge is 0.164 e. The lowest BCUT2D eigenvalue weighted by atomic mass is 9.89. The average Bonchev–Trinajstić information content (AvgIpc) is 3.90. The Morgan fingerprint density at radius 2 is 0.783 bits per heavy atom. The Labute approximate surface area is 343 Å². The van der Waals surface area contributed by atoms with E-state index in [4.69, 9.17) is 23.8 Å². The minimum Gasteiger partial charge on any atom is -0.456 e. The van der Waals surface area contributed by atoms with Gasteiger partial charge in [-0.3, -0.25) is 0 Å². The molecule has 0 aliphatic heterocycles. The SMILES string of the molecule is c1ccc(-c2nc(-c3ccc(-c4cccc5oc6cc(-c7cccc8c9cccc%10oc%11cccc(c78)c%11c%109)ccc6c45)cc3)nc(-c3ccc4ccccc4c3)n2)cc1. The summed E-state index contributed by atoms with van der Waals surface area (Å²) in [5, 5.41) is 11.7. The highest BCUT2D eigenvalue weighted by atomic mass is 16.3. The van der Waals surface area contributed by atoms with Crippen LogP contribution in [-0.4, -0.2) is 15.0 Å². The first kappa shape index (κ1) is 32.9. The van der Waals surface area contributed by atoms with Crippen LogP contribution >= 0.6 is 0 Å². The predicted molar refractivity (Wildman–Crippen MR) is 245 cm³/mol. The highest BCUT2D eigenvalue weighted by Gasteiger charge is 2.20. The van der Waals surface area contributed by atoms with Gasteiger partial charge in [-0.15, -0.1) is 0 Å². The molecule has 0 bridgehead atoms. The lowest BCUT2D eigenvalue weighted by Gasteiger charge is -2.13. The van der Waals surface area contributed by atoms with Gasteiger partial charge in [0.25, 0.3) is 0 Å². The van der Waals surface area contributed by atoms with Crippen LogP contribution in [0.1, 0.15) is 0 Å². The van der Waals surface area contributed by atoms with E-state index in [0.29, 0.717) is 17.5 Å². The third-order valence-electron chi connectivity index (χ3n) is 12.1. The maximum absolute atomic E-state index is 6.66. The molecule has 0 amide bonds. The molecule has 3 heterocycles. The fourth-order valence-corrected chi connectivity index (χ4v) is 9.32. The van der Waals surface area contributed by atoms with Crippen LogP contribution in [0.25, 0.3) is 133 Å². The van der Waals surface area contributed by atoms with Crippen LogP contribution in [0.15, 0.2) is 197 Å². The van der Waals surface area contributed by atoms with Crippen LogP contribution in [0.3, 0.4) is 0 Å². The van der Waals surface area contributed by atoms with E-state index in [2.05, 4.69) is 158 Å². The molecule has 0 unspecified atom stereocenters. The molecule has 0 saturated carbocycles. The quantitative estimate of drug-likeness (QED) is 0.163. The zero-order valence-electron chi connectivity index (χ0n) is 32.1. The molecule has 0 N–H and O–H groups in total. The normalized spacial score (nSPS) is 12.0. The zero-order valence-corrected chi connectivity index (χ0v) is 32.1. The van der Waals surface area contributed by atoms with E-state index < -0.39 is 0 Å². The number of hydrogen-bond donors (Lipinski definition) is 0. The molecule has 10 aromatic carbocycles. The molecule has 0 fully saturated rings. The van der Waals surface area contributed by atoms with Crippen molar-refractivity contribution in [3.05, 3.63) is 188 Å². The number of nitrogens with zero attached hydrogens (tertiary/aromatic N) is 3. The molecule has 0 spiro atoms. The minimum absolute atomic E-state index is 0.623. The van der Waals surface area contributed by atoms with Crippen molar-refractivity contribution in [2.24, 2.45) is 0 Å². The molecule has 13 rings (SSSR count). The van der Waals surface area contributed by atoms with Crippen LogP contribution in [0.4, 0.5) is 0 Å². The van der Waals surface area contributed by atoms with E-state index in [-0.39, 0.29) is 0 Å². The van der Waals surface area contributed by atoms with Gasteiger partial charge >= 0.3 is 0 Å². The third kappa shape index (κ3) is 4.96. The minimum atomic E-state index is 0.623. The van der Waals surface area contributed by atoms with E-state index >= 15 is 0 Å². The third-order valence-corrected chi connectivity index (χ3v) is 12.1. The van der Waals surface area contributed by atoms with Crippen molar-refractivity contribution in [3.63, 3.8) is 0 Å². The van der Waals surface area contributed by atoms with Gasteiger partial charge in [-0.2, -0.15) is 0 Å².